The molecule has 1 heterocycles. The van der Waals surface area contributed by atoms with E-state index in [0.29, 0.717) is 18.7 Å². The zero-order valence-electron chi connectivity index (χ0n) is 10.6. The van der Waals surface area contributed by atoms with Crippen molar-refractivity contribution in [2.75, 3.05) is 5.75 Å². The average Bonchev–Trinajstić information content (AvgIpc) is 2.83. The lowest BCUT2D eigenvalue weighted by molar-refractivity contribution is 0.0689. The molecule has 1 aromatic heterocycles. The Hall–Kier alpha value is -1.82. The zero-order chi connectivity index (χ0) is 13.7. The summed E-state index contributed by atoms with van der Waals surface area (Å²) < 4.78 is 1.68. The van der Waals surface area contributed by atoms with Gasteiger partial charge < -0.3 is 5.11 Å². The second kappa shape index (κ2) is 6.38. The van der Waals surface area contributed by atoms with Gasteiger partial charge in [0, 0.05) is 10.6 Å². The lowest BCUT2D eigenvalue weighted by atomic mass is 10.2. The van der Waals surface area contributed by atoms with Crippen LogP contribution in [0, 0.1) is 0 Å². The molecule has 0 atom stereocenters. The van der Waals surface area contributed by atoms with E-state index >= 15 is 0 Å². The largest absolute Gasteiger partial charge is 0.476 e. The molecule has 1 aromatic carbocycles. The summed E-state index contributed by atoms with van der Waals surface area (Å²) in [6.07, 6.45) is 0.616. The van der Waals surface area contributed by atoms with Crippen molar-refractivity contribution < 1.29 is 9.90 Å². The minimum atomic E-state index is -1.01. The third-order valence-electron chi connectivity index (χ3n) is 2.69. The quantitative estimate of drug-likeness (QED) is 0.821. The van der Waals surface area contributed by atoms with Gasteiger partial charge in [-0.1, -0.05) is 30.3 Å². The highest BCUT2D eigenvalue weighted by Gasteiger charge is 2.16. The second-order valence-corrected chi connectivity index (χ2v) is 5.10. The van der Waals surface area contributed by atoms with E-state index in [4.69, 9.17) is 5.11 Å². The first-order valence-corrected chi connectivity index (χ1v) is 7.04. The van der Waals surface area contributed by atoms with Crippen molar-refractivity contribution in [3.63, 3.8) is 0 Å². The molecule has 6 heteroatoms. The molecule has 0 fully saturated rings. The minimum absolute atomic E-state index is 0.0622. The number of benzene rings is 1. The fraction of sp³-hybridized carbons (Fsp3) is 0.308. The number of carboxylic acids is 1. The molecule has 0 bridgehead atoms. The molecule has 0 aliphatic heterocycles. The van der Waals surface area contributed by atoms with Crippen LogP contribution >= 0.6 is 11.8 Å². The number of aromatic carboxylic acids is 1. The van der Waals surface area contributed by atoms with E-state index in [9.17, 15) is 4.79 Å². The molecular weight excluding hydrogens is 262 g/mol. The fourth-order valence-electron chi connectivity index (χ4n) is 1.80. The second-order valence-electron chi connectivity index (χ2n) is 3.93. The van der Waals surface area contributed by atoms with Gasteiger partial charge in [0.2, 0.25) is 0 Å². The third-order valence-corrected chi connectivity index (χ3v) is 3.68. The maximum atomic E-state index is 11.0. The number of thioether (sulfide) groups is 1. The summed E-state index contributed by atoms with van der Waals surface area (Å²) in [5, 5.41) is 16.6. The Labute approximate surface area is 115 Å². The van der Waals surface area contributed by atoms with Crippen molar-refractivity contribution >= 4 is 17.7 Å². The first-order chi connectivity index (χ1) is 9.22. The molecule has 0 saturated heterocycles. The maximum Gasteiger partial charge on any atom is 0.358 e. The molecule has 0 amide bonds. The predicted octanol–water partition coefficient (Wildman–Crippen LogP) is 2.33. The molecular formula is C13H15N3O2S. The van der Waals surface area contributed by atoms with Crippen LogP contribution in [0.4, 0.5) is 0 Å². The first-order valence-electron chi connectivity index (χ1n) is 6.06. The van der Waals surface area contributed by atoms with Crippen LogP contribution in [-0.2, 0) is 13.0 Å². The van der Waals surface area contributed by atoms with E-state index in [1.807, 2.05) is 25.1 Å². The molecule has 5 nitrogen and oxygen atoms in total. The summed E-state index contributed by atoms with van der Waals surface area (Å²) in [6.45, 7) is 2.56. The Morgan fingerprint density at radius 2 is 2.11 bits per heavy atom. The summed E-state index contributed by atoms with van der Waals surface area (Å²) in [5.74, 6) is -0.182. The molecule has 1 N–H and O–H groups in total. The van der Waals surface area contributed by atoms with Crippen LogP contribution in [0.15, 0.2) is 35.2 Å². The van der Waals surface area contributed by atoms with Gasteiger partial charge in [-0.3, -0.25) is 0 Å². The van der Waals surface area contributed by atoms with E-state index < -0.39 is 5.97 Å². The summed E-state index contributed by atoms with van der Waals surface area (Å²) in [5.41, 5.74) is 0.744. The molecule has 2 rings (SSSR count). The van der Waals surface area contributed by atoms with Crippen LogP contribution < -0.4 is 0 Å². The number of rotatable bonds is 6. The number of nitrogens with zero attached hydrogens (tertiary/aromatic N) is 3. The van der Waals surface area contributed by atoms with Gasteiger partial charge in [-0.15, -0.1) is 16.9 Å². The van der Waals surface area contributed by atoms with Crippen LogP contribution in [0.25, 0.3) is 0 Å². The maximum absolute atomic E-state index is 11.0. The van der Waals surface area contributed by atoms with Gasteiger partial charge in [0.15, 0.2) is 5.69 Å². The molecule has 0 radical (unpaired) electrons. The Bertz CT molecular complexity index is 554. The molecule has 0 aliphatic carbocycles. The van der Waals surface area contributed by atoms with E-state index in [1.165, 1.54) is 4.90 Å². The SMILES string of the molecule is CCc1c(C(=O)O)nnn1CCSc1ccccc1. The van der Waals surface area contributed by atoms with E-state index in [2.05, 4.69) is 22.4 Å². The Morgan fingerprint density at radius 3 is 2.74 bits per heavy atom. The van der Waals surface area contributed by atoms with Crippen LogP contribution in [0.3, 0.4) is 0 Å². The molecule has 100 valence electrons. The predicted molar refractivity (Wildman–Crippen MR) is 73.5 cm³/mol. The number of carboxylic acid groups (broad SMARTS) is 1. The zero-order valence-corrected chi connectivity index (χ0v) is 11.4. The summed E-state index contributed by atoms with van der Waals surface area (Å²) in [7, 11) is 0. The monoisotopic (exact) mass is 277 g/mol. The number of aromatic nitrogens is 3. The van der Waals surface area contributed by atoms with Gasteiger partial charge in [0.25, 0.3) is 0 Å². The van der Waals surface area contributed by atoms with Gasteiger partial charge in [-0.05, 0) is 18.6 Å². The van der Waals surface area contributed by atoms with Gasteiger partial charge in [0.1, 0.15) is 0 Å². The summed E-state index contributed by atoms with van der Waals surface area (Å²) in [4.78, 5) is 12.2. The van der Waals surface area contributed by atoms with Crippen molar-refractivity contribution in [1.29, 1.82) is 0 Å². The average molecular weight is 277 g/mol. The highest BCUT2D eigenvalue weighted by Crippen LogP contribution is 2.17. The van der Waals surface area contributed by atoms with Crippen LogP contribution in [0.5, 0.6) is 0 Å². The Balaban J connectivity index is 1.98. The lowest BCUT2D eigenvalue weighted by Gasteiger charge is -2.05. The number of aryl methyl sites for hydroxylation is 1. The third kappa shape index (κ3) is 3.35. The van der Waals surface area contributed by atoms with Crippen molar-refractivity contribution in [2.24, 2.45) is 0 Å². The molecule has 0 unspecified atom stereocenters. The van der Waals surface area contributed by atoms with Gasteiger partial charge >= 0.3 is 5.97 Å². The molecule has 19 heavy (non-hydrogen) atoms. The van der Waals surface area contributed by atoms with Crippen molar-refractivity contribution in [1.82, 2.24) is 15.0 Å². The van der Waals surface area contributed by atoms with Crippen molar-refractivity contribution in [2.45, 2.75) is 24.8 Å². The molecule has 0 spiro atoms. The van der Waals surface area contributed by atoms with Crippen LogP contribution in [0.1, 0.15) is 23.1 Å². The Morgan fingerprint density at radius 1 is 1.37 bits per heavy atom. The van der Waals surface area contributed by atoms with Crippen LogP contribution in [-0.4, -0.2) is 31.8 Å². The first kappa shape index (κ1) is 13.6. The lowest BCUT2D eigenvalue weighted by Crippen LogP contribution is -2.09. The Kier molecular flexibility index (Phi) is 4.57. The normalized spacial score (nSPS) is 10.6. The van der Waals surface area contributed by atoms with Gasteiger partial charge in [-0.2, -0.15) is 0 Å². The van der Waals surface area contributed by atoms with Gasteiger partial charge in [-0.25, -0.2) is 9.48 Å². The highest BCUT2D eigenvalue weighted by atomic mass is 32.2. The topological polar surface area (TPSA) is 68.0 Å². The summed E-state index contributed by atoms with van der Waals surface area (Å²) in [6, 6.07) is 10.1. The number of carbonyl (C=O) groups is 1. The highest BCUT2D eigenvalue weighted by molar-refractivity contribution is 7.99. The van der Waals surface area contributed by atoms with E-state index in [0.717, 1.165) is 5.75 Å². The smallest absolute Gasteiger partial charge is 0.358 e. The van der Waals surface area contributed by atoms with Crippen LogP contribution in [0.2, 0.25) is 0 Å². The van der Waals surface area contributed by atoms with Crippen molar-refractivity contribution in [3.8, 4) is 0 Å². The van der Waals surface area contributed by atoms with Crippen molar-refractivity contribution in [3.05, 3.63) is 41.7 Å². The molecule has 2 aromatic rings. The van der Waals surface area contributed by atoms with E-state index in [-0.39, 0.29) is 5.69 Å². The number of hydrogen-bond donors (Lipinski definition) is 1. The summed E-state index contributed by atoms with van der Waals surface area (Å²) >= 11 is 1.72. The number of hydrogen-bond acceptors (Lipinski definition) is 4. The molecule has 0 saturated carbocycles. The van der Waals surface area contributed by atoms with E-state index in [1.54, 1.807) is 16.4 Å². The standard InChI is InChI=1S/C13H15N3O2S/c1-2-11-12(13(17)18)14-15-16(11)8-9-19-10-6-4-3-5-7-10/h3-7H,2,8-9H2,1H3,(H,17,18). The molecule has 0 aliphatic rings. The fourth-order valence-corrected chi connectivity index (χ4v) is 2.64. The van der Waals surface area contributed by atoms with Gasteiger partial charge in [0.05, 0.1) is 12.2 Å². The minimum Gasteiger partial charge on any atom is -0.476 e.